The van der Waals surface area contributed by atoms with Gasteiger partial charge in [-0.25, -0.2) is 9.18 Å². The van der Waals surface area contributed by atoms with Crippen LogP contribution in [-0.2, 0) is 9.53 Å². The molecule has 1 N–H and O–H groups in total. The number of benzene rings is 1. The summed E-state index contributed by atoms with van der Waals surface area (Å²) in [5.41, 5.74) is 1.48. The first-order valence-corrected chi connectivity index (χ1v) is 9.34. The molecular weight excluding hydrogens is 341 g/mol. The Hall–Kier alpha value is -2.21. The molecule has 1 amide bonds. The van der Waals surface area contributed by atoms with Gasteiger partial charge in [-0.15, -0.1) is 11.3 Å². The zero-order valence-corrected chi connectivity index (χ0v) is 14.4. The molecule has 0 spiro atoms. The van der Waals surface area contributed by atoms with E-state index >= 15 is 0 Å². The first-order chi connectivity index (χ1) is 12.1. The van der Waals surface area contributed by atoms with Crippen LogP contribution in [0.2, 0.25) is 0 Å². The predicted molar refractivity (Wildman–Crippen MR) is 92.0 cm³/mol. The van der Waals surface area contributed by atoms with Crippen molar-refractivity contribution in [2.24, 2.45) is 0 Å². The van der Waals surface area contributed by atoms with Gasteiger partial charge in [-0.3, -0.25) is 4.79 Å². The summed E-state index contributed by atoms with van der Waals surface area (Å²) in [6.07, 6.45) is 2.98. The van der Waals surface area contributed by atoms with E-state index in [1.165, 1.54) is 35.6 Å². The lowest BCUT2D eigenvalue weighted by Crippen LogP contribution is -2.33. The highest BCUT2D eigenvalue weighted by Gasteiger charge is 2.34. The summed E-state index contributed by atoms with van der Waals surface area (Å²) in [5, 5.41) is 4.74. The van der Waals surface area contributed by atoms with Gasteiger partial charge in [0.1, 0.15) is 10.7 Å². The van der Waals surface area contributed by atoms with Gasteiger partial charge in [0.15, 0.2) is 0 Å². The van der Waals surface area contributed by atoms with Crippen LogP contribution in [0.25, 0.3) is 0 Å². The van der Waals surface area contributed by atoms with Crippen molar-refractivity contribution >= 4 is 23.2 Å². The molecule has 4 rings (SSSR count). The van der Waals surface area contributed by atoms with Crippen LogP contribution in [0.1, 0.15) is 58.5 Å². The minimum Gasteiger partial charge on any atom is -0.443 e. The Balaban J connectivity index is 1.56. The number of esters is 1. The van der Waals surface area contributed by atoms with Gasteiger partial charge < -0.3 is 10.1 Å². The highest BCUT2D eigenvalue weighted by atomic mass is 32.1. The Labute approximate surface area is 149 Å². The summed E-state index contributed by atoms with van der Waals surface area (Å²) in [4.78, 5) is 25.7. The zero-order chi connectivity index (χ0) is 17.4. The van der Waals surface area contributed by atoms with Crippen LogP contribution in [0.4, 0.5) is 4.39 Å². The highest BCUT2D eigenvalue weighted by Crippen LogP contribution is 2.43. The fourth-order valence-electron chi connectivity index (χ4n) is 2.78. The lowest BCUT2D eigenvalue weighted by Gasteiger charge is -2.18. The molecule has 6 heteroatoms. The Kier molecular flexibility index (Phi) is 4.29. The van der Waals surface area contributed by atoms with E-state index in [0.29, 0.717) is 16.4 Å². The second kappa shape index (κ2) is 6.59. The second-order valence-electron chi connectivity index (χ2n) is 6.60. The Bertz CT molecular complexity index is 793. The molecule has 2 aliphatic rings. The number of ether oxygens (including phenoxy) is 1. The van der Waals surface area contributed by atoms with Gasteiger partial charge in [0.25, 0.3) is 5.91 Å². The topological polar surface area (TPSA) is 55.4 Å². The van der Waals surface area contributed by atoms with Gasteiger partial charge >= 0.3 is 5.97 Å². The molecule has 4 nitrogen and oxygen atoms in total. The van der Waals surface area contributed by atoms with Gasteiger partial charge in [0.2, 0.25) is 6.10 Å². The van der Waals surface area contributed by atoms with Crippen LogP contribution in [0, 0.1) is 5.82 Å². The van der Waals surface area contributed by atoms with Crippen LogP contribution in [0.5, 0.6) is 0 Å². The van der Waals surface area contributed by atoms with Crippen molar-refractivity contribution in [1.29, 1.82) is 0 Å². The maximum Gasteiger partial charge on any atom is 0.349 e. The molecule has 0 radical (unpaired) electrons. The van der Waals surface area contributed by atoms with Gasteiger partial charge in [0, 0.05) is 11.6 Å². The highest BCUT2D eigenvalue weighted by molar-refractivity contribution is 7.12. The Morgan fingerprint density at radius 3 is 2.48 bits per heavy atom. The lowest BCUT2D eigenvalue weighted by atomic mass is 10.1. The molecule has 0 aliphatic heterocycles. The third-order valence-electron chi connectivity index (χ3n) is 4.46. The molecule has 2 aliphatic carbocycles. The third kappa shape index (κ3) is 3.74. The van der Waals surface area contributed by atoms with Gasteiger partial charge in [-0.05, 0) is 60.7 Å². The number of rotatable bonds is 6. The number of nitrogens with one attached hydrogen (secondary N) is 1. The molecule has 2 fully saturated rings. The van der Waals surface area contributed by atoms with Gasteiger partial charge in [-0.1, -0.05) is 12.1 Å². The lowest BCUT2D eigenvalue weighted by molar-refractivity contribution is -0.130. The van der Waals surface area contributed by atoms with E-state index < -0.39 is 17.9 Å². The van der Waals surface area contributed by atoms with Crippen molar-refractivity contribution in [3.63, 3.8) is 0 Å². The van der Waals surface area contributed by atoms with E-state index in [9.17, 15) is 14.0 Å². The molecule has 130 valence electrons. The van der Waals surface area contributed by atoms with E-state index in [-0.39, 0.29) is 11.9 Å². The fraction of sp³-hybridized carbons (Fsp3) is 0.368. The number of carbonyl (C=O) groups excluding carboxylic acids is 2. The van der Waals surface area contributed by atoms with Crippen LogP contribution >= 0.6 is 11.3 Å². The average Bonchev–Trinajstić information content (AvgIpc) is 3.54. The quantitative estimate of drug-likeness (QED) is 0.795. The zero-order valence-electron chi connectivity index (χ0n) is 13.5. The average molecular weight is 359 g/mol. The van der Waals surface area contributed by atoms with E-state index in [2.05, 4.69) is 5.32 Å². The molecule has 1 heterocycles. The molecule has 2 aromatic rings. The van der Waals surface area contributed by atoms with Crippen LogP contribution < -0.4 is 5.32 Å². The Morgan fingerprint density at radius 2 is 1.84 bits per heavy atom. The fourth-order valence-corrected chi connectivity index (χ4v) is 3.64. The standard InChI is InChI=1S/C19H18FNO3S/c20-13-5-3-12(4-6-13)16(18(22)21-14-7-8-14)24-19(23)17-15(9-10-25-17)11-1-2-11/h3-6,9-11,14,16H,1-2,7-8H2,(H,21,22). The minimum absolute atomic E-state index is 0.151. The Morgan fingerprint density at radius 1 is 1.12 bits per heavy atom. The van der Waals surface area contributed by atoms with E-state index in [0.717, 1.165) is 31.2 Å². The first-order valence-electron chi connectivity index (χ1n) is 8.46. The summed E-state index contributed by atoms with van der Waals surface area (Å²) < 4.78 is 18.8. The van der Waals surface area contributed by atoms with E-state index in [1.54, 1.807) is 0 Å². The van der Waals surface area contributed by atoms with Crippen molar-refractivity contribution in [1.82, 2.24) is 5.32 Å². The number of carbonyl (C=O) groups is 2. The summed E-state index contributed by atoms with van der Waals surface area (Å²) in [5.74, 6) is -0.812. The number of hydrogen-bond donors (Lipinski definition) is 1. The SMILES string of the molecule is O=C(OC(C(=O)NC1CC1)c1ccc(F)cc1)c1sccc1C1CC1. The molecular formula is C19H18FNO3S. The minimum atomic E-state index is -1.07. The van der Waals surface area contributed by atoms with Crippen LogP contribution in [0.3, 0.4) is 0 Å². The number of hydrogen-bond acceptors (Lipinski definition) is 4. The van der Waals surface area contributed by atoms with Crippen LogP contribution in [0.15, 0.2) is 35.7 Å². The third-order valence-corrected chi connectivity index (χ3v) is 5.37. The number of halogens is 1. The molecule has 0 bridgehead atoms. The monoisotopic (exact) mass is 359 g/mol. The molecule has 1 atom stereocenters. The molecule has 1 aromatic heterocycles. The largest absolute Gasteiger partial charge is 0.443 e. The second-order valence-corrected chi connectivity index (χ2v) is 7.52. The van der Waals surface area contributed by atoms with Crippen LogP contribution in [-0.4, -0.2) is 17.9 Å². The summed E-state index contributed by atoms with van der Waals surface area (Å²) >= 11 is 1.34. The first kappa shape index (κ1) is 16.3. The number of thiophene rings is 1. The maximum absolute atomic E-state index is 13.2. The van der Waals surface area contributed by atoms with Crippen molar-refractivity contribution in [2.45, 2.75) is 43.7 Å². The van der Waals surface area contributed by atoms with E-state index in [1.807, 2.05) is 11.4 Å². The van der Waals surface area contributed by atoms with Crippen molar-refractivity contribution in [2.75, 3.05) is 0 Å². The van der Waals surface area contributed by atoms with Crippen molar-refractivity contribution < 1.29 is 18.7 Å². The van der Waals surface area contributed by atoms with Crippen molar-refractivity contribution in [3.05, 3.63) is 57.5 Å². The van der Waals surface area contributed by atoms with Crippen molar-refractivity contribution in [3.8, 4) is 0 Å². The molecule has 0 saturated heterocycles. The molecule has 1 unspecified atom stereocenters. The molecule has 25 heavy (non-hydrogen) atoms. The summed E-state index contributed by atoms with van der Waals surface area (Å²) in [6.45, 7) is 0. The summed E-state index contributed by atoms with van der Waals surface area (Å²) in [7, 11) is 0. The smallest absolute Gasteiger partial charge is 0.349 e. The molecule has 1 aromatic carbocycles. The maximum atomic E-state index is 13.2. The summed E-state index contributed by atoms with van der Waals surface area (Å²) in [6, 6.07) is 7.60. The normalized spacial score (nSPS) is 17.8. The molecule has 2 saturated carbocycles. The van der Waals surface area contributed by atoms with Gasteiger partial charge in [-0.2, -0.15) is 0 Å². The predicted octanol–water partition coefficient (Wildman–Crippen LogP) is 3.94. The van der Waals surface area contributed by atoms with Gasteiger partial charge in [0.05, 0.1) is 0 Å². The number of amides is 1. The van der Waals surface area contributed by atoms with E-state index in [4.69, 9.17) is 4.74 Å².